The van der Waals surface area contributed by atoms with Crippen LogP contribution in [0.3, 0.4) is 0 Å². The third kappa shape index (κ3) is 6.46. The standard InChI is InChI=1S/C29H24ClF6N3O4S/c1-18(40)37-12-13-38-20(16-37)17-39(44(41,42)22-5-2-4-21(15-22)43-29(34,35)36)27-14-19(9-11-26(27)38)8-10-23-24(28(31,32)33)6-3-7-25(23)30/h2-11,14-15,20H,12-13,16-17H2,1H3/b10-8+. The second-order valence-electron chi connectivity index (χ2n) is 10.2. The molecule has 1 saturated heterocycles. The third-order valence-electron chi connectivity index (χ3n) is 7.31. The molecule has 0 N–H and O–H groups in total. The predicted molar refractivity (Wildman–Crippen MR) is 153 cm³/mol. The number of carbonyl (C=O) groups excluding carboxylic acids is 1. The summed E-state index contributed by atoms with van der Waals surface area (Å²) in [6.07, 6.45) is -7.18. The molecule has 1 atom stereocenters. The molecule has 5 rings (SSSR count). The predicted octanol–water partition coefficient (Wildman–Crippen LogP) is 6.67. The van der Waals surface area contributed by atoms with Crippen molar-refractivity contribution in [2.75, 3.05) is 35.4 Å². The molecule has 0 aromatic heterocycles. The van der Waals surface area contributed by atoms with E-state index in [1.54, 1.807) is 17.0 Å². The largest absolute Gasteiger partial charge is 0.573 e. The number of amides is 1. The molecule has 7 nitrogen and oxygen atoms in total. The number of hydrogen-bond donors (Lipinski definition) is 0. The Labute approximate surface area is 253 Å². The Kier molecular flexibility index (Phi) is 8.27. The summed E-state index contributed by atoms with van der Waals surface area (Å²) in [7, 11) is -4.50. The number of ether oxygens (including phenoxy) is 1. The number of sulfonamides is 1. The first-order valence-electron chi connectivity index (χ1n) is 13.1. The van der Waals surface area contributed by atoms with Crippen LogP contribution in [0.5, 0.6) is 5.75 Å². The van der Waals surface area contributed by atoms with E-state index < -0.39 is 44.8 Å². The summed E-state index contributed by atoms with van der Waals surface area (Å²) in [4.78, 5) is 15.1. The van der Waals surface area contributed by atoms with Gasteiger partial charge in [0.1, 0.15) is 5.75 Å². The van der Waals surface area contributed by atoms with Gasteiger partial charge in [0.25, 0.3) is 10.0 Å². The zero-order chi connectivity index (χ0) is 32.0. The van der Waals surface area contributed by atoms with E-state index in [2.05, 4.69) is 4.74 Å². The second kappa shape index (κ2) is 11.5. The SMILES string of the molecule is CC(=O)N1CCN2c3ccc(/C=C/c4c(Cl)cccc4C(F)(F)F)cc3N(S(=O)(=O)c3cccc(OC(F)(F)F)c3)CC2C1. The van der Waals surface area contributed by atoms with Gasteiger partial charge >= 0.3 is 12.5 Å². The number of benzene rings is 3. The highest BCUT2D eigenvalue weighted by molar-refractivity contribution is 7.92. The number of alkyl halides is 6. The zero-order valence-electron chi connectivity index (χ0n) is 22.9. The Bertz CT molecular complexity index is 1730. The Morgan fingerprint density at radius 1 is 0.932 bits per heavy atom. The molecule has 3 aromatic carbocycles. The van der Waals surface area contributed by atoms with Crippen LogP contribution in [0.1, 0.15) is 23.6 Å². The van der Waals surface area contributed by atoms with Crippen molar-refractivity contribution in [3.8, 4) is 5.75 Å². The highest BCUT2D eigenvalue weighted by atomic mass is 35.5. The lowest BCUT2D eigenvalue weighted by atomic mass is 10.0. The van der Waals surface area contributed by atoms with E-state index in [1.807, 2.05) is 4.90 Å². The van der Waals surface area contributed by atoms with Crippen molar-refractivity contribution in [3.63, 3.8) is 0 Å². The summed E-state index contributed by atoms with van der Waals surface area (Å²) in [6, 6.07) is 11.6. The highest BCUT2D eigenvalue weighted by Gasteiger charge is 2.41. The summed E-state index contributed by atoms with van der Waals surface area (Å²) in [5, 5.41) is -0.134. The van der Waals surface area contributed by atoms with E-state index >= 15 is 0 Å². The fraction of sp³-hybridized carbons (Fsp3) is 0.276. The molecule has 2 heterocycles. The monoisotopic (exact) mass is 659 g/mol. The molecule has 0 spiro atoms. The summed E-state index contributed by atoms with van der Waals surface area (Å²) < 4.78 is 112. The second-order valence-corrected chi connectivity index (χ2v) is 12.4. The van der Waals surface area contributed by atoms with Gasteiger partial charge in [-0.05, 0) is 42.0 Å². The maximum absolute atomic E-state index is 14.0. The minimum atomic E-state index is -5.05. The van der Waals surface area contributed by atoms with Crippen molar-refractivity contribution in [1.29, 1.82) is 0 Å². The van der Waals surface area contributed by atoms with Gasteiger partial charge < -0.3 is 14.5 Å². The van der Waals surface area contributed by atoms with Gasteiger partial charge in [-0.15, -0.1) is 13.2 Å². The summed E-state index contributed by atoms with van der Waals surface area (Å²) in [6.45, 7) is 2.20. The first-order valence-corrected chi connectivity index (χ1v) is 14.9. The summed E-state index contributed by atoms with van der Waals surface area (Å²) in [5.41, 5.74) is -0.244. The van der Waals surface area contributed by atoms with Crippen LogP contribution in [0.2, 0.25) is 5.02 Å². The van der Waals surface area contributed by atoms with Gasteiger partial charge in [-0.3, -0.25) is 9.10 Å². The molecule has 3 aromatic rings. The fourth-order valence-electron chi connectivity index (χ4n) is 5.31. The molecule has 44 heavy (non-hydrogen) atoms. The van der Waals surface area contributed by atoms with Crippen LogP contribution in [0, 0.1) is 0 Å². The molecule has 1 amide bonds. The van der Waals surface area contributed by atoms with Crippen LogP contribution < -0.4 is 13.9 Å². The quantitative estimate of drug-likeness (QED) is 0.226. The number of piperazine rings is 1. The van der Waals surface area contributed by atoms with Gasteiger partial charge in [0.05, 0.1) is 34.4 Å². The molecule has 234 valence electrons. The minimum absolute atomic E-state index is 0.134. The van der Waals surface area contributed by atoms with Crippen molar-refractivity contribution in [1.82, 2.24) is 4.90 Å². The van der Waals surface area contributed by atoms with E-state index in [0.29, 0.717) is 24.3 Å². The van der Waals surface area contributed by atoms with Crippen LogP contribution in [-0.2, 0) is 21.0 Å². The number of nitrogens with zero attached hydrogens (tertiary/aromatic N) is 3. The Morgan fingerprint density at radius 3 is 2.34 bits per heavy atom. The number of hydrogen-bond acceptors (Lipinski definition) is 5. The van der Waals surface area contributed by atoms with Crippen LogP contribution in [-0.4, -0.2) is 57.8 Å². The third-order valence-corrected chi connectivity index (χ3v) is 9.42. The van der Waals surface area contributed by atoms with Gasteiger partial charge in [-0.2, -0.15) is 13.2 Å². The van der Waals surface area contributed by atoms with Crippen molar-refractivity contribution < 1.29 is 44.3 Å². The number of halogens is 7. The Morgan fingerprint density at radius 2 is 1.66 bits per heavy atom. The lowest BCUT2D eigenvalue weighted by molar-refractivity contribution is -0.274. The topological polar surface area (TPSA) is 70.2 Å². The number of rotatable bonds is 5. The van der Waals surface area contributed by atoms with Crippen LogP contribution in [0.15, 0.2) is 65.6 Å². The molecule has 0 radical (unpaired) electrons. The lowest BCUT2D eigenvalue weighted by Crippen LogP contribution is -2.61. The van der Waals surface area contributed by atoms with E-state index in [9.17, 15) is 39.6 Å². The molecule has 0 saturated carbocycles. The number of anilines is 2. The van der Waals surface area contributed by atoms with Crippen molar-refractivity contribution in [2.45, 2.75) is 30.4 Å². The normalized spacial score (nSPS) is 17.5. The van der Waals surface area contributed by atoms with E-state index in [1.165, 1.54) is 37.3 Å². The van der Waals surface area contributed by atoms with Gasteiger partial charge in [-0.25, -0.2) is 8.42 Å². The molecular weight excluding hydrogens is 636 g/mol. The average Bonchev–Trinajstić information content (AvgIpc) is 2.94. The first kappa shape index (κ1) is 31.5. The van der Waals surface area contributed by atoms with Gasteiger partial charge in [0, 0.05) is 43.2 Å². The van der Waals surface area contributed by atoms with Gasteiger partial charge in [0.15, 0.2) is 0 Å². The maximum atomic E-state index is 14.0. The van der Waals surface area contributed by atoms with Crippen LogP contribution in [0.4, 0.5) is 37.7 Å². The molecule has 0 aliphatic carbocycles. The molecule has 1 fully saturated rings. The molecule has 1 unspecified atom stereocenters. The number of carbonyl (C=O) groups is 1. The van der Waals surface area contributed by atoms with Gasteiger partial charge in [0.2, 0.25) is 5.91 Å². The zero-order valence-corrected chi connectivity index (χ0v) is 24.4. The maximum Gasteiger partial charge on any atom is 0.573 e. The fourth-order valence-corrected chi connectivity index (χ4v) is 7.09. The van der Waals surface area contributed by atoms with E-state index in [4.69, 9.17) is 11.6 Å². The van der Waals surface area contributed by atoms with Crippen molar-refractivity contribution >= 4 is 51.1 Å². The first-order chi connectivity index (χ1) is 20.5. The average molecular weight is 660 g/mol. The van der Waals surface area contributed by atoms with Crippen LogP contribution in [0.25, 0.3) is 12.2 Å². The van der Waals surface area contributed by atoms with Crippen LogP contribution >= 0.6 is 11.6 Å². The minimum Gasteiger partial charge on any atom is -0.406 e. The highest BCUT2D eigenvalue weighted by Crippen LogP contribution is 2.42. The smallest absolute Gasteiger partial charge is 0.406 e. The van der Waals surface area contributed by atoms with Crippen molar-refractivity contribution in [2.24, 2.45) is 0 Å². The van der Waals surface area contributed by atoms with Crippen molar-refractivity contribution in [3.05, 3.63) is 82.4 Å². The Hall–Kier alpha value is -3.91. The molecule has 0 bridgehead atoms. The summed E-state index contributed by atoms with van der Waals surface area (Å²) in [5.74, 6) is -0.921. The van der Waals surface area contributed by atoms with E-state index in [0.717, 1.165) is 34.6 Å². The molecule has 2 aliphatic heterocycles. The molecule has 2 aliphatic rings. The lowest BCUT2D eigenvalue weighted by Gasteiger charge is -2.49. The summed E-state index contributed by atoms with van der Waals surface area (Å²) >= 11 is 6.08. The molecular formula is C29H24ClF6N3O4S. The molecule has 15 heteroatoms. The number of fused-ring (bicyclic) bond motifs is 3. The Balaban J connectivity index is 1.59. The van der Waals surface area contributed by atoms with E-state index in [-0.39, 0.29) is 35.3 Å². The van der Waals surface area contributed by atoms with Gasteiger partial charge in [-0.1, -0.05) is 42.0 Å².